The van der Waals surface area contributed by atoms with Crippen molar-refractivity contribution in [2.24, 2.45) is 5.92 Å². The number of furan rings is 1. The number of hydrogen-bond donors (Lipinski definition) is 2. The summed E-state index contributed by atoms with van der Waals surface area (Å²) in [6.07, 6.45) is 2.47. The van der Waals surface area contributed by atoms with Crippen molar-refractivity contribution >= 4 is 23.2 Å². The van der Waals surface area contributed by atoms with Crippen molar-refractivity contribution in [3.8, 4) is 0 Å². The molecule has 2 N–H and O–H groups in total. The van der Waals surface area contributed by atoms with Crippen molar-refractivity contribution in [3.05, 3.63) is 118 Å². The zero-order valence-corrected chi connectivity index (χ0v) is 20.8. The Hall–Kier alpha value is -4.59. The molecular weight excluding hydrogens is 480 g/mol. The van der Waals surface area contributed by atoms with Crippen LogP contribution in [0.2, 0.25) is 0 Å². The number of piperidine rings is 1. The van der Waals surface area contributed by atoms with Gasteiger partial charge in [0, 0.05) is 49.4 Å². The van der Waals surface area contributed by atoms with E-state index in [0.717, 1.165) is 29.9 Å². The molecule has 0 unspecified atom stereocenters. The first-order valence-electron chi connectivity index (χ1n) is 12.8. The molecule has 2 aliphatic rings. The molecule has 38 heavy (non-hydrogen) atoms. The summed E-state index contributed by atoms with van der Waals surface area (Å²) in [5.41, 5.74) is 3.94. The number of rotatable bonds is 6. The van der Waals surface area contributed by atoms with Crippen LogP contribution in [0.15, 0.2) is 94.3 Å². The van der Waals surface area contributed by atoms with E-state index in [4.69, 9.17) is 4.42 Å². The first-order chi connectivity index (χ1) is 18.5. The lowest BCUT2D eigenvalue weighted by Gasteiger charge is -2.44. The molecule has 0 aliphatic carbocycles. The summed E-state index contributed by atoms with van der Waals surface area (Å²) in [5, 5.41) is 5.92. The molecular formula is C30H28N4O4. The molecule has 8 heteroatoms. The number of hydrogen-bond acceptors (Lipinski definition) is 5. The van der Waals surface area contributed by atoms with Crippen LogP contribution in [-0.2, 0) is 13.1 Å². The summed E-state index contributed by atoms with van der Waals surface area (Å²) >= 11 is 0. The standard InChI is InChI=1S/C30H28N4O4/c35-28-10-4-8-25-23-14-21(18-34(25)28)17-33(19-23)26-12-11-22(29(36)31-16-20-6-2-1-3-7-20)15-24(26)32-30(37)27-9-5-13-38-27/h1-13,15,21,23H,14,16-19H2,(H,31,36)(H,32,37)/t21-,23-/m0/s1. The van der Waals surface area contributed by atoms with Gasteiger partial charge in [0.05, 0.1) is 17.6 Å². The summed E-state index contributed by atoms with van der Waals surface area (Å²) in [4.78, 5) is 40.6. The summed E-state index contributed by atoms with van der Waals surface area (Å²) in [6, 6.07) is 23.9. The van der Waals surface area contributed by atoms with Gasteiger partial charge in [-0.25, -0.2) is 0 Å². The summed E-state index contributed by atoms with van der Waals surface area (Å²) in [7, 11) is 0. The van der Waals surface area contributed by atoms with Crippen LogP contribution in [0.5, 0.6) is 0 Å². The minimum atomic E-state index is -0.382. The molecule has 0 saturated carbocycles. The molecule has 1 saturated heterocycles. The molecule has 2 aliphatic heterocycles. The SMILES string of the molecule is O=C(NCc1ccccc1)c1ccc(N2C[C@@H]3C[C@@H](C2)c2cccc(=O)n2C3)c(NC(=O)c2ccco2)c1. The lowest BCUT2D eigenvalue weighted by atomic mass is 9.83. The number of anilines is 2. The highest BCUT2D eigenvalue weighted by molar-refractivity contribution is 6.05. The second-order valence-corrected chi connectivity index (χ2v) is 9.93. The van der Waals surface area contributed by atoms with Crippen LogP contribution in [0.4, 0.5) is 11.4 Å². The van der Waals surface area contributed by atoms with Crippen LogP contribution >= 0.6 is 0 Å². The predicted octanol–water partition coefficient (Wildman–Crippen LogP) is 4.25. The average Bonchev–Trinajstić information content (AvgIpc) is 3.48. The van der Waals surface area contributed by atoms with Gasteiger partial charge in [-0.05, 0) is 54.3 Å². The Kier molecular flexibility index (Phi) is 6.29. The minimum Gasteiger partial charge on any atom is -0.459 e. The highest BCUT2D eigenvalue weighted by Gasteiger charge is 2.35. The van der Waals surface area contributed by atoms with Gasteiger partial charge < -0.3 is 24.5 Å². The van der Waals surface area contributed by atoms with Gasteiger partial charge in [0.1, 0.15) is 0 Å². The lowest BCUT2D eigenvalue weighted by Crippen LogP contribution is -2.47. The van der Waals surface area contributed by atoms with Gasteiger partial charge in [0.2, 0.25) is 0 Å². The molecule has 4 heterocycles. The monoisotopic (exact) mass is 508 g/mol. The van der Waals surface area contributed by atoms with E-state index in [1.165, 1.54) is 6.26 Å². The van der Waals surface area contributed by atoms with Gasteiger partial charge in [-0.1, -0.05) is 36.4 Å². The van der Waals surface area contributed by atoms with E-state index in [1.54, 1.807) is 30.3 Å². The maximum atomic E-state index is 13.0. The van der Waals surface area contributed by atoms with E-state index in [1.807, 2.05) is 53.1 Å². The van der Waals surface area contributed by atoms with Crippen LogP contribution in [0, 0.1) is 5.92 Å². The number of carbonyl (C=O) groups excluding carboxylic acids is 2. The number of amides is 2. The third kappa shape index (κ3) is 4.72. The van der Waals surface area contributed by atoms with E-state index < -0.39 is 0 Å². The highest BCUT2D eigenvalue weighted by atomic mass is 16.3. The fourth-order valence-corrected chi connectivity index (χ4v) is 5.62. The number of nitrogens with zero attached hydrogens (tertiary/aromatic N) is 2. The Morgan fingerprint density at radius 1 is 0.895 bits per heavy atom. The van der Waals surface area contributed by atoms with Gasteiger partial charge in [0.25, 0.3) is 17.4 Å². The van der Waals surface area contributed by atoms with Crippen molar-refractivity contribution in [1.82, 2.24) is 9.88 Å². The highest BCUT2D eigenvalue weighted by Crippen LogP contribution is 2.39. The molecule has 2 aromatic carbocycles. The Balaban J connectivity index is 1.29. The maximum Gasteiger partial charge on any atom is 0.291 e. The molecule has 1 fully saturated rings. The van der Waals surface area contributed by atoms with E-state index >= 15 is 0 Å². The molecule has 192 valence electrons. The Labute approximate surface area is 219 Å². The van der Waals surface area contributed by atoms with E-state index in [0.29, 0.717) is 36.8 Å². The third-order valence-electron chi connectivity index (χ3n) is 7.37. The number of pyridine rings is 1. The number of carbonyl (C=O) groups is 2. The molecule has 0 radical (unpaired) electrons. The van der Waals surface area contributed by atoms with Gasteiger partial charge in [-0.2, -0.15) is 0 Å². The van der Waals surface area contributed by atoms with Crippen LogP contribution in [-0.4, -0.2) is 29.5 Å². The normalized spacial score (nSPS) is 17.9. The van der Waals surface area contributed by atoms with Crippen LogP contribution in [0.3, 0.4) is 0 Å². The van der Waals surface area contributed by atoms with E-state index in [-0.39, 0.29) is 29.1 Å². The largest absolute Gasteiger partial charge is 0.459 e. The molecule has 2 amide bonds. The van der Waals surface area contributed by atoms with Crippen molar-refractivity contribution in [3.63, 3.8) is 0 Å². The van der Waals surface area contributed by atoms with Gasteiger partial charge in [0.15, 0.2) is 5.76 Å². The molecule has 4 aromatic rings. The van der Waals surface area contributed by atoms with Gasteiger partial charge >= 0.3 is 0 Å². The maximum absolute atomic E-state index is 13.0. The fourth-order valence-electron chi connectivity index (χ4n) is 5.62. The van der Waals surface area contributed by atoms with Crippen molar-refractivity contribution in [1.29, 1.82) is 0 Å². The van der Waals surface area contributed by atoms with Crippen LogP contribution in [0.1, 0.15) is 44.5 Å². The molecule has 2 bridgehead atoms. The quantitative estimate of drug-likeness (QED) is 0.406. The zero-order chi connectivity index (χ0) is 26.1. The number of fused-ring (bicyclic) bond motifs is 4. The third-order valence-corrected chi connectivity index (χ3v) is 7.37. The zero-order valence-electron chi connectivity index (χ0n) is 20.8. The fraction of sp³-hybridized carbons (Fsp3) is 0.233. The molecule has 2 atom stereocenters. The van der Waals surface area contributed by atoms with Gasteiger partial charge in [-0.3, -0.25) is 14.4 Å². The first-order valence-corrected chi connectivity index (χ1v) is 12.8. The Morgan fingerprint density at radius 3 is 2.58 bits per heavy atom. The smallest absolute Gasteiger partial charge is 0.291 e. The summed E-state index contributed by atoms with van der Waals surface area (Å²) in [5.74, 6) is 0.103. The van der Waals surface area contributed by atoms with Gasteiger partial charge in [-0.15, -0.1) is 0 Å². The lowest BCUT2D eigenvalue weighted by molar-refractivity contribution is 0.0949. The molecule has 6 rings (SSSR count). The summed E-state index contributed by atoms with van der Waals surface area (Å²) < 4.78 is 7.19. The predicted molar refractivity (Wildman–Crippen MR) is 144 cm³/mol. The van der Waals surface area contributed by atoms with Crippen molar-refractivity contribution in [2.75, 3.05) is 23.3 Å². The Bertz CT molecular complexity index is 1530. The number of benzene rings is 2. The van der Waals surface area contributed by atoms with Crippen molar-refractivity contribution in [2.45, 2.75) is 25.4 Å². The Morgan fingerprint density at radius 2 is 1.76 bits per heavy atom. The molecule has 2 aromatic heterocycles. The van der Waals surface area contributed by atoms with E-state index in [2.05, 4.69) is 15.5 Å². The van der Waals surface area contributed by atoms with E-state index in [9.17, 15) is 14.4 Å². The molecule has 0 spiro atoms. The van der Waals surface area contributed by atoms with Crippen LogP contribution in [0.25, 0.3) is 0 Å². The van der Waals surface area contributed by atoms with Crippen LogP contribution < -0.4 is 21.1 Å². The van der Waals surface area contributed by atoms with Crippen molar-refractivity contribution < 1.29 is 14.0 Å². The summed E-state index contributed by atoms with van der Waals surface area (Å²) in [6.45, 7) is 2.55. The second-order valence-electron chi connectivity index (χ2n) is 9.93. The molecule has 8 nitrogen and oxygen atoms in total. The minimum absolute atomic E-state index is 0.0444. The number of nitrogens with one attached hydrogen (secondary N) is 2. The second kappa shape index (κ2) is 10.0. The first kappa shape index (κ1) is 23.8. The number of aromatic nitrogens is 1. The topological polar surface area (TPSA) is 96.6 Å². The average molecular weight is 509 g/mol.